The molecule has 1 aromatic carbocycles. The van der Waals surface area contributed by atoms with Crippen molar-refractivity contribution in [2.75, 3.05) is 13.6 Å². The summed E-state index contributed by atoms with van der Waals surface area (Å²) < 4.78 is 2.36. The molecule has 0 saturated carbocycles. The van der Waals surface area contributed by atoms with Crippen LogP contribution in [0, 0.1) is 0 Å². The summed E-state index contributed by atoms with van der Waals surface area (Å²) in [5.74, 6) is 1.73. The fourth-order valence-corrected chi connectivity index (χ4v) is 2.51. The van der Waals surface area contributed by atoms with E-state index in [1.165, 1.54) is 16.9 Å². The summed E-state index contributed by atoms with van der Waals surface area (Å²) >= 11 is 0. The fraction of sp³-hybridized carbons (Fsp3) is 0.562. The molecule has 2 aromatic rings. The molecule has 0 radical (unpaired) electrons. The average molecular weight is 259 g/mol. The van der Waals surface area contributed by atoms with Crippen LogP contribution in [0.15, 0.2) is 18.2 Å². The van der Waals surface area contributed by atoms with Gasteiger partial charge in [-0.05, 0) is 44.5 Å². The van der Waals surface area contributed by atoms with Crippen LogP contribution in [0.2, 0.25) is 0 Å². The highest BCUT2D eigenvalue weighted by atomic mass is 15.1. The summed E-state index contributed by atoms with van der Waals surface area (Å²) in [6.45, 7) is 9.86. The summed E-state index contributed by atoms with van der Waals surface area (Å²) in [7, 11) is 1.99. The molecule has 0 saturated heterocycles. The van der Waals surface area contributed by atoms with Crippen LogP contribution in [0.5, 0.6) is 0 Å². The molecule has 0 aliphatic rings. The van der Waals surface area contributed by atoms with Crippen molar-refractivity contribution in [2.45, 2.75) is 46.1 Å². The van der Waals surface area contributed by atoms with E-state index >= 15 is 0 Å². The molecule has 0 aliphatic carbocycles. The average Bonchev–Trinajstić information content (AvgIpc) is 2.73. The maximum atomic E-state index is 4.84. The summed E-state index contributed by atoms with van der Waals surface area (Å²) in [5, 5.41) is 3.20. The van der Waals surface area contributed by atoms with Crippen molar-refractivity contribution in [3.63, 3.8) is 0 Å². The lowest BCUT2D eigenvalue weighted by Gasteiger charge is -2.13. The van der Waals surface area contributed by atoms with E-state index in [1.54, 1.807) is 0 Å². The van der Waals surface area contributed by atoms with Gasteiger partial charge in [0.1, 0.15) is 5.82 Å². The van der Waals surface area contributed by atoms with Crippen molar-refractivity contribution in [2.24, 2.45) is 0 Å². The number of rotatable bonds is 5. The first-order valence-corrected chi connectivity index (χ1v) is 7.20. The third-order valence-electron chi connectivity index (χ3n) is 3.57. The van der Waals surface area contributed by atoms with Crippen LogP contribution < -0.4 is 5.32 Å². The largest absolute Gasteiger partial charge is 0.325 e. The van der Waals surface area contributed by atoms with Crippen LogP contribution in [0.1, 0.15) is 51.0 Å². The molecule has 0 unspecified atom stereocenters. The van der Waals surface area contributed by atoms with Gasteiger partial charge in [0.25, 0.3) is 0 Å². The second-order valence-corrected chi connectivity index (χ2v) is 5.75. The van der Waals surface area contributed by atoms with E-state index in [4.69, 9.17) is 4.98 Å². The van der Waals surface area contributed by atoms with Crippen LogP contribution >= 0.6 is 0 Å². The minimum absolute atomic E-state index is 0.446. The molecule has 2 rings (SSSR count). The van der Waals surface area contributed by atoms with E-state index in [-0.39, 0.29) is 0 Å². The van der Waals surface area contributed by atoms with E-state index in [1.807, 2.05) is 7.05 Å². The Morgan fingerprint density at radius 1 is 1.21 bits per heavy atom. The van der Waals surface area contributed by atoms with Crippen molar-refractivity contribution in [1.29, 1.82) is 0 Å². The van der Waals surface area contributed by atoms with Gasteiger partial charge in [-0.3, -0.25) is 0 Å². The zero-order chi connectivity index (χ0) is 14.0. The molecule has 1 aromatic heterocycles. The maximum Gasteiger partial charge on any atom is 0.111 e. The van der Waals surface area contributed by atoms with E-state index in [9.17, 15) is 0 Å². The Labute approximate surface area is 116 Å². The fourth-order valence-electron chi connectivity index (χ4n) is 2.51. The standard InChI is InChI=1S/C16H25N3/c1-11(2)13-6-7-15-14(10-13)18-16(8-9-17-5)19(15)12(3)4/h6-7,10-12,17H,8-9H2,1-5H3. The van der Waals surface area contributed by atoms with Crippen molar-refractivity contribution in [3.8, 4) is 0 Å². The molecule has 19 heavy (non-hydrogen) atoms. The quantitative estimate of drug-likeness (QED) is 0.890. The lowest BCUT2D eigenvalue weighted by Crippen LogP contribution is -2.15. The van der Waals surface area contributed by atoms with E-state index < -0.39 is 0 Å². The number of hydrogen-bond donors (Lipinski definition) is 1. The van der Waals surface area contributed by atoms with E-state index in [0.717, 1.165) is 18.5 Å². The van der Waals surface area contributed by atoms with Gasteiger partial charge in [0.2, 0.25) is 0 Å². The van der Waals surface area contributed by atoms with Gasteiger partial charge in [-0.1, -0.05) is 19.9 Å². The second-order valence-electron chi connectivity index (χ2n) is 5.75. The first kappa shape index (κ1) is 14.1. The molecule has 0 atom stereocenters. The smallest absolute Gasteiger partial charge is 0.111 e. The number of imidazole rings is 1. The van der Waals surface area contributed by atoms with Crippen LogP contribution in [0.25, 0.3) is 11.0 Å². The molecule has 1 N–H and O–H groups in total. The number of benzene rings is 1. The molecular formula is C16H25N3. The van der Waals surface area contributed by atoms with Gasteiger partial charge in [-0.25, -0.2) is 4.98 Å². The third-order valence-corrected chi connectivity index (χ3v) is 3.57. The molecule has 3 heteroatoms. The highest BCUT2D eigenvalue weighted by Gasteiger charge is 2.13. The second kappa shape index (κ2) is 5.74. The zero-order valence-corrected chi connectivity index (χ0v) is 12.7. The Kier molecular flexibility index (Phi) is 4.25. The molecule has 3 nitrogen and oxygen atoms in total. The van der Waals surface area contributed by atoms with Crippen molar-refractivity contribution >= 4 is 11.0 Å². The van der Waals surface area contributed by atoms with Crippen LogP contribution in [0.4, 0.5) is 0 Å². The number of likely N-dealkylation sites (N-methyl/N-ethyl adjacent to an activating group) is 1. The van der Waals surface area contributed by atoms with Gasteiger partial charge in [0.05, 0.1) is 11.0 Å². The molecular weight excluding hydrogens is 234 g/mol. The van der Waals surface area contributed by atoms with Crippen molar-refractivity contribution in [1.82, 2.24) is 14.9 Å². The van der Waals surface area contributed by atoms with Crippen molar-refractivity contribution in [3.05, 3.63) is 29.6 Å². The number of fused-ring (bicyclic) bond motifs is 1. The predicted octanol–water partition coefficient (Wildman–Crippen LogP) is 3.50. The Morgan fingerprint density at radius 3 is 2.53 bits per heavy atom. The summed E-state index contributed by atoms with van der Waals surface area (Å²) in [5.41, 5.74) is 3.75. The molecule has 0 aliphatic heterocycles. The molecule has 0 bridgehead atoms. The Bertz CT molecular complexity index is 552. The van der Waals surface area contributed by atoms with Gasteiger partial charge < -0.3 is 9.88 Å². The molecule has 0 fully saturated rings. The Hall–Kier alpha value is -1.35. The highest BCUT2D eigenvalue weighted by Crippen LogP contribution is 2.25. The van der Waals surface area contributed by atoms with Gasteiger partial charge >= 0.3 is 0 Å². The first-order valence-electron chi connectivity index (χ1n) is 7.20. The van der Waals surface area contributed by atoms with Gasteiger partial charge in [0.15, 0.2) is 0 Å². The van der Waals surface area contributed by atoms with Gasteiger partial charge in [-0.15, -0.1) is 0 Å². The molecule has 1 heterocycles. The van der Waals surface area contributed by atoms with Crippen LogP contribution in [-0.2, 0) is 6.42 Å². The third kappa shape index (κ3) is 2.81. The zero-order valence-electron chi connectivity index (χ0n) is 12.7. The van der Waals surface area contributed by atoms with Crippen LogP contribution in [0.3, 0.4) is 0 Å². The minimum Gasteiger partial charge on any atom is -0.325 e. The predicted molar refractivity (Wildman–Crippen MR) is 81.8 cm³/mol. The number of hydrogen-bond acceptors (Lipinski definition) is 2. The summed E-state index contributed by atoms with van der Waals surface area (Å²) in [6.07, 6.45) is 0.973. The molecule has 104 valence electrons. The SMILES string of the molecule is CNCCc1nc2cc(C(C)C)ccc2n1C(C)C. The normalized spacial score (nSPS) is 11.9. The van der Waals surface area contributed by atoms with Gasteiger partial charge in [0, 0.05) is 19.0 Å². The Morgan fingerprint density at radius 2 is 1.95 bits per heavy atom. The number of nitrogens with one attached hydrogen (secondary N) is 1. The molecule has 0 amide bonds. The van der Waals surface area contributed by atoms with E-state index in [2.05, 4.69) is 55.8 Å². The minimum atomic E-state index is 0.446. The topological polar surface area (TPSA) is 29.9 Å². The highest BCUT2D eigenvalue weighted by molar-refractivity contribution is 5.77. The number of nitrogens with zero attached hydrogens (tertiary/aromatic N) is 2. The first-order chi connectivity index (χ1) is 9.04. The van der Waals surface area contributed by atoms with Crippen molar-refractivity contribution < 1.29 is 0 Å². The lowest BCUT2D eigenvalue weighted by molar-refractivity contribution is 0.577. The number of aromatic nitrogens is 2. The lowest BCUT2D eigenvalue weighted by atomic mass is 10.0. The van der Waals surface area contributed by atoms with Gasteiger partial charge in [-0.2, -0.15) is 0 Å². The summed E-state index contributed by atoms with van der Waals surface area (Å²) in [4.78, 5) is 4.84. The van der Waals surface area contributed by atoms with E-state index in [0.29, 0.717) is 12.0 Å². The maximum absolute atomic E-state index is 4.84. The summed E-state index contributed by atoms with van der Waals surface area (Å²) in [6, 6.07) is 7.14. The molecule has 0 spiro atoms. The monoisotopic (exact) mass is 259 g/mol. The Balaban J connectivity index is 2.52. The van der Waals surface area contributed by atoms with Crippen LogP contribution in [-0.4, -0.2) is 23.1 Å².